The minimum Gasteiger partial charge on any atom is -0.478 e. The lowest BCUT2D eigenvalue weighted by Gasteiger charge is -2.06. The maximum absolute atomic E-state index is 11.1. The molecular weight excluding hydrogens is 227 g/mol. The lowest BCUT2D eigenvalue weighted by atomic mass is 10.0. The van der Waals surface area contributed by atoms with Crippen LogP contribution in [0.2, 0.25) is 10.0 Å². The van der Waals surface area contributed by atoms with E-state index in [0.717, 1.165) is 0 Å². The molecule has 0 saturated heterocycles. The second-order valence-corrected chi connectivity index (χ2v) is 3.45. The third-order valence-electron chi connectivity index (χ3n) is 1.67. The van der Waals surface area contributed by atoms with Crippen LogP contribution < -0.4 is 0 Å². The van der Waals surface area contributed by atoms with Gasteiger partial charge in [0.1, 0.15) is 0 Å². The molecule has 3 nitrogen and oxygen atoms in total. The Balaban J connectivity index is 3.58. The number of carboxylic acid groups (broad SMARTS) is 1. The highest BCUT2D eigenvalue weighted by Crippen LogP contribution is 2.27. The van der Waals surface area contributed by atoms with E-state index < -0.39 is 11.8 Å². The molecule has 0 bridgehead atoms. The molecule has 1 aromatic rings. The zero-order chi connectivity index (χ0) is 10.9. The van der Waals surface area contributed by atoms with Gasteiger partial charge in [-0.3, -0.25) is 4.79 Å². The fourth-order valence-electron chi connectivity index (χ4n) is 1.11. The molecule has 0 saturated carbocycles. The predicted molar refractivity (Wildman–Crippen MR) is 53.4 cm³/mol. The molecule has 0 aliphatic carbocycles. The first kappa shape index (κ1) is 11.0. The fourth-order valence-corrected chi connectivity index (χ4v) is 1.63. The van der Waals surface area contributed by atoms with E-state index in [0.29, 0.717) is 0 Å². The van der Waals surface area contributed by atoms with Crippen molar-refractivity contribution in [1.29, 1.82) is 0 Å². The van der Waals surface area contributed by atoms with E-state index in [-0.39, 0.29) is 21.2 Å². The number of ketones is 1. The molecule has 0 radical (unpaired) electrons. The van der Waals surface area contributed by atoms with Crippen molar-refractivity contribution in [1.82, 2.24) is 0 Å². The Morgan fingerprint density at radius 3 is 1.86 bits per heavy atom. The summed E-state index contributed by atoms with van der Waals surface area (Å²) in [7, 11) is 0. The van der Waals surface area contributed by atoms with Gasteiger partial charge >= 0.3 is 5.97 Å². The topological polar surface area (TPSA) is 54.4 Å². The van der Waals surface area contributed by atoms with Gasteiger partial charge in [0.25, 0.3) is 0 Å². The maximum atomic E-state index is 11.1. The number of carboxylic acids is 1. The summed E-state index contributed by atoms with van der Waals surface area (Å²) in [5.41, 5.74) is -0.293. The highest BCUT2D eigenvalue weighted by atomic mass is 35.5. The van der Waals surface area contributed by atoms with Crippen molar-refractivity contribution in [3.63, 3.8) is 0 Å². The minimum atomic E-state index is -1.26. The van der Waals surface area contributed by atoms with E-state index in [9.17, 15) is 9.59 Å². The van der Waals surface area contributed by atoms with Crippen LogP contribution in [0, 0.1) is 0 Å². The van der Waals surface area contributed by atoms with Crippen LogP contribution in [0.3, 0.4) is 0 Å². The molecule has 0 aromatic heterocycles. The summed E-state index contributed by atoms with van der Waals surface area (Å²) in [6, 6.07) is 2.74. The molecule has 0 atom stereocenters. The number of hydrogen-bond acceptors (Lipinski definition) is 2. The molecule has 1 rings (SSSR count). The Kier molecular flexibility index (Phi) is 3.13. The van der Waals surface area contributed by atoms with Gasteiger partial charge in [-0.2, -0.15) is 0 Å². The lowest BCUT2D eigenvalue weighted by Crippen LogP contribution is -2.07. The first-order valence-corrected chi connectivity index (χ1v) is 4.43. The van der Waals surface area contributed by atoms with Crippen molar-refractivity contribution >= 4 is 35.0 Å². The molecule has 1 N–H and O–H groups in total. The first-order valence-electron chi connectivity index (χ1n) is 3.67. The summed E-state index contributed by atoms with van der Waals surface area (Å²) in [5.74, 6) is -1.68. The fraction of sp³-hybridized carbons (Fsp3) is 0.111. The Labute approximate surface area is 90.3 Å². The molecule has 0 spiro atoms. The molecular formula is C9H6Cl2O3. The van der Waals surface area contributed by atoms with Gasteiger partial charge < -0.3 is 5.11 Å². The van der Waals surface area contributed by atoms with E-state index >= 15 is 0 Å². The van der Waals surface area contributed by atoms with Gasteiger partial charge in [-0.1, -0.05) is 23.2 Å². The molecule has 74 valence electrons. The van der Waals surface area contributed by atoms with Crippen LogP contribution in [-0.4, -0.2) is 16.9 Å². The normalized spacial score (nSPS) is 9.93. The monoisotopic (exact) mass is 232 g/mol. The summed E-state index contributed by atoms with van der Waals surface area (Å²) >= 11 is 11.3. The van der Waals surface area contributed by atoms with Crippen LogP contribution in [0.5, 0.6) is 0 Å². The van der Waals surface area contributed by atoms with Crippen LogP contribution in [0.4, 0.5) is 0 Å². The van der Waals surface area contributed by atoms with Crippen LogP contribution in [0.25, 0.3) is 0 Å². The van der Waals surface area contributed by atoms with Gasteiger partial charge in [0, 0.05) is 0 Å². The third-order valence-corrected chi connectivity index (χ3v) is 2.30. The number of aromatic carboxylic acids is 1. The van der Waals surface area contributed by atoms with Crippen molar-refractivity contribution in [2.75, 3.05) is 0 Å². The molecule has 5 heteroatoms. The molecule has 1 aromatic carbocycles. The number of carbonyl (C=O) groups is 2. The van der Waals surface area contributed by atoms with Gasteiger partial charge in [-0.05, 0) is 19.1 Å². The van der Waals surface area contributed by atoms with E-state index in [4.69, 9.17) is 28.3 Å². The zero-order valence-electron chi connectivity index (χ0n) is 7.17. The number of rotatable bonds is 2. The van der Waals surface area contributed by atoms with Crippen LogP contribution in [-0.2, 0) is 0 Å². The zero-order valence-corrected chi connectivity index (χ0v) is 8.69. The van der Waals surface area contributed by atoms with Gasteiger partial charge in [0.15, 0.2) is 5.78 Å². The van der Waals surface area contributed by atoms with E-state index in [1.54, 1.807) is 0 Å². The first-order chi connectivity index (χ1) is 6.45. The van der Waals surface area contributed by atoms with Crippen LogP contribution >= 0.6 is 23.2 Å². The van der Waals surface area contributed by atoms with Crippen molar-refractivity contribution < 1.29 is 14.7 Å². The maximum Gasteiger partial charge on any atom is 0.338 e. The predicted octanol–water partition coefficient (Wildman–Crippen LogP) is 2.89. The molecule has 0 aliphatic rings. The van der Waals surface area contributed by atoms with Crippen molar-refractivity contribution in [2.45, 2.75) is 6.92 Å². The van der Waals surface area contributed by atoms with Gasteiger partial charge in [0.05, 0.1) is 21.2 Å². The van der Waals surface area contributed by atoms with Gasteiger partial charge in [0.2, 0.25) is 0 Å². The smallest absolute Gasteiger partial charge is 0.338 e. The second-order valence-electron chi connectivity index (χ2n) is 2.64. The molecule has 0 heterocycles. The molecule has 0 fully saturated rings. The molecule has 0 unspecified atom stereocenters. The average Bonchev–Trinajstić information content (AvgIpc) is 2.07. The lowest BCUT2D eigenvalue weighted by molar-refractivity contribution is 0.0692. The minimum absolute atomic E-state index is 0.00657. The Bertz CT molecular complexity index is 374. The van der Waals surface area contributed by atoms with Gasteiger partial charge in [-0.25, -0.2) is 4.79 Å². The summed E-state index contributed by atoms with van der Waals surface area (Å²) in [6.45, 7) is 1.24. The van der Waals surface area contributed by atoms with Crippen molar-refractivity contribution in [3.8, 4) is 0 Å². The quantitative estimate of drug-likeness (QED) is 0.799. The van der Waals surface area contributed by atoms with Crippen LogP contribution in [0.15, 0.2) is 12.1 Å². The van der Waals surface area contributed by atoms with Crippen LogP contribution in [0.1, 0.15) is 27.6 Å². The summed E-state index contributed by atoms with van der Waals surface area (Å²) in [6.07, 6.45) is 0. The standard InChI is InChI=1S/C9H6Cl2O3/c1-4(12)7-5(10)2-3-6(11)8(7)9(13)14/h2-3H,1H3,(H,13,14). The number of carbonyl (C=O) groups excluding carboxylic acids is 1. The van der Waals surface area contributed by atoms with Gasteiger partial charge in [-0.15, -0.1) is 0 Å². The van der Waals surface area contributed by atoms with Crippen molar-refractivity contribution in [2.24, 2.45) is 0 Å². The SMILES string of the molecule is CC(=O)c1c(Cl)ccc(Cl)c1C(=O)O. The number of benzene rings is 1. The van der Waals surface area contributed by atoms with Crippen molar-refractivity contribution in [3.05, 3.63) is 33.3 Å². The molecule has 14 heavy (non-hydrogen) atoms. The Morgan fingerprint density at radius 2 is 1.57 bits per heavy atom. The third kappa shape index (κ3) is 1.89. The summed E-state index contributed by atoms with van der Waals surface area (Å²) in [4.78, 5) is 21.9. The largest absolute Gasteiger partial charge is 0.478 e. The Hall–Kier alpha value is -1.06. The highest BCUT2D eigenvalue weighted by molar-refractivity contribution is 6.38. The number of Topliss-reactive ketones (excluding diaryl/α,β-unsaturated/α-hetero) is 1. The Morgan fingerprint density at radius 1 is 1.14 bits per heavy atom. The number of halogens is 2. The number of hydrogen-bond donors (Lipinski definition) is 1. The molecule has 0 aliphatic heterocycles. The van der Waals surface area contributed by atoms with E-state index in [2.05, 4.69) is 0 Å². The summed E-state index contributed by atoms with van der Waals surface area (Å²) < 4.78 is 0. The van der Waals surface area contributed by atoms with E-state index in [1.807, 2.05) is 0 Å². The summed E-state index contributed by atoms with van der Waals surface area (Å²) in [5, 5.41) is 8.93. The average molecular weight is 233 g/mol. The molecule has 0 amide bonds. The van der Waals surface area contributed by atoms with E-state index in [1.165, 1.54) is 19.1 Å². The second kappa shape index (κ2) is 3.98. The highest BCUT2D eigenvalue weighted by Gasteiger charge is 2.20.